The molecule has 0 aliphatic carbocycles. The highest BCUT2D eigenvalue weighted by Crippen LogP contribution is 2.32. The summed E-state index contributed by atoms with van der Waals surface area (Å²) in [4.78, 5) is 0. The molecular formula is C13H17F2NO2S. The lowest BCUT2D eigenvalue weighted by Gasteiger charge is -2.30. The van der Waals surface area contributed by atoms with Crippen molar-refractivity contribution < 1.29 is 17.2 Å². The molecule has 1 aromatic carbocycles. The van der Waals surface area contributed by atoms with Crippen molar-refractivity contribution in [3.05, 3.63) is 35.4 Å². The monoisotopic (exact) mass is 289 g/mol. The van der Waals surface area contributed by atoms with Crippen LogP contribution in [0.15, 0.2) is 18.2 Å². The third-order valence-corrected chi connectivity index (χ3v) is 5.89. The van der Waals surface area contributed by atoms with Gasteiger partial charge in [-0.25, -0.2) is 17.2 Å². The highest BCUT2D eigenvalue weighted by molar-refractivity contribution is 7.92. The van der Waals surface area contributed by atoms with Crippen molar-refractivity contribution in [3.8, 4) is 0 Å². The Bertz CT molecular complexity index is 560. The molecule has 1 aliphatic heterocycles. The van der Waals surface area contributed by atoms with E-state index in [1.807, 2.05) is 0 Å². The SMILES string of the molecule is CNC(c1cc(F)ccc1F)C1CCCCS1(=O)=O. The molecule has 1 saturated heterocycles. The maximum absolute atomic E-state index is 13.8. The van der Waals surface area contributed by atoms with Crippen LogP contribution in [0.1, 0.15) is 30.9 Å². The number of nitrogens with one attached hydrogen (secondary N) is 1. The van der Waals surface area contributed by atoms with Gasteiger partial charge in [0.25, 0.3) is 0 Å². The molecule has 1 aromatic rings. The van der Waals surface area contributed by atoms with Crippen molar-refractivity contribution in [1.29, 1.82) is 0 Å². The number of halogens is 2. The molecule has 2 rings (SSSR count). The summed E-state index contributed by atoms with van der Waals surface area (Å²) < 4.78 is 51.3. The summed E-state index contributed by atoms with van der Waals surface area (Å²) in [7, 11) is -1.70. The van der Waals surface area contributed by atoms with Gasteiger partial charge in [0.05, 0.1) is 17.0 Å². The molecule has 3 nitrogen and oxygen atoms in total. The lowest BCUT2D eigenvalue weighted by Crippen LogP contribution is -2.39. The first-order chi connectivity index (χ1) is 8.95. The molecule has 0 spiro atoms. The number of rotatable bonds is 3. The van der Waals surface area contributed by atoms with Gasteiger partial charge in [-0.05, 0) is 38.1 Å². The zero-order valence-electron chi connectivity index (χ0n) is 10.7. The molecule has 0 radical (unpaired) electrons. The molecule has 1 aliphatic rings. The normalized spacial score (nSPS) is 24.1. The predicted molar refractivity (Wildman–Crippen MR) is 69.6 cm³/mol. The van der Waals surface area contributed by atoms with E-state index in [0.29, 0.717) is 12.8 Å². The topological polar surface area (TPSA) is 46.2 Å². The van der Waals surface area contributed by atoms with Crippen LogP contribution >= 0.6 is 0 Å². The molecular weight excluding hydrogens is 272 g/mol. The smallest absolute Gasteiger partial charge is 0.155 e. The molecule has 2 unspecified atom stereocenters. The Kier molecular flexibility index (Phi) is 4.20. The largest absolute Gasteiger partial charge is 0.312 e. The van der Waals surface area contributed by atoms with Gasteiger partial charge in [-0.1, -0.05) is 6.42 Å². The molecule has 6 heteroatoms. The van der Waals surface area contributed by atoms with E-state index >= 15 is 0 Å². The molecule has 0 saturated carbocycles. The lowest BCUT2D eigenvalue weighted by atomic mass is 9.99. The van der Waals surface area contributed by atoms with Gasteiger partial charge in [-0.15, -0.1) is 0 Å². The highest BCUT2D eigenvalue weighted by atomic mass is 32.2. The summed E-state index contributed by atoms with van der Waals surface area (Å²) in [6, 6.07) is 2.42. The van der Waals surface area contributed by atoms with Crippen LogP contribution in [0.2, 0.25) is 0 Å². The van der Waals surface area contributed by atoms with E-state index in [-0.39, 0.29) is 11.3 Å². The summed E-state index contributed by atoms with van der Waals surface area (Å²) in [5.74, 6) is -1.03. The molecule has 1 heterocycles. The van der Waals surface area contributed by atoms with Crippen LogP contribution in [0.25, 0.3) is 0 Å². The fourth-order valence-electron chi connectivity index (χ4n) is 2.65. The van der Waals surface area contributed by atoms with Gasteiger partial charge in [-0.3, -0.25) is 0 Å². The Morgan fingerprint density at radius 1 is 1.32 bits per heavy atom. The maximum atomic E-state index is 13.8. The van der Waals surface area contributed by atoms with Gasteiger partial charge in [0.15, 0.2) is 9.84 Å². The zero-order valence-corrected chi connectivity index (χ0v) is 11.5. The number of sulfone groups is 1. The first kappa shape index (κ1) is 14.4. The third-order valence-electron chi connectivity index (χ3n) is 3.60. The van der Waals surface area contributed by atoms with Crippen LogP contribution in [0, 0.1) is 11.6 Å². The summed E-state index contributed by atoms with van der Waals surface area (Å²) in [6.07, 6.45) is 1.91. The first-order valence-electron chi connectivity index (χ1n) is 6.29. The summed E-state index contributed by atoms with van der Waals surface area (Å²) in [6.45, 7) is 0. The third kappa shape index (κ3) is 2.95. The van der Waals surface area contributed by atoms with Crippen molar-refractivity contribution >= 4 is 9.84 Å². The van der Waals surface area contributed by atoms with E-state index in [2.05, 4.69) is 5.32 Å². The molecule has 1 N–H and O–H groups in total. The average Bonchev–Trinajstić information content (AvgIpc) is 2.36. The summed E-state index contributed by atoms with van der Waals surface area (Å²) in [5.41, 5.74) is 0.0815. The Balaban J connectivity index is 2.41. The van der Waals surface area contributed by atoms with Gasteiger partial charge in [0.2, 0.25) is 0 Å². The molecule has 0 bridgehead atoms. The van der Waals surface area contributed by atoms with Crippen molar-refractivity contribution in [1.82, 2.24) is 5.32 Å². The van der Waals surface area contributed by atoms with Crippen LogP contribution < -0.4 is 5.32 Å². The fraction of sp³-hybridized carbons (Fsp3) is 0.538. The summed E-state index contributed by atoms with van der Waals surface area (Å²) >= 11 is 0. The van der Waals surface area contributed by atoms with Crippen LogP contribution in [0.4, 0.5) is 8.78 Å². The van der Waals surface area contributed by atoms with Crippen molar-refractivity contribution in [2.75, 3.05) is 12.8 Å². The second-order valence-corrected chi connectivity index (χ2v) is 7.17. The predicted octanol–water partition coefficient (Wildman–Crippen LogP) is 2.19. The number of hydrogen-bond acceptors (Lipinski definition) is 3. The zero-order chi connectivity index (χ0) is 14.0. The Labute approximate surface area is 111 Å². The number of hydrogen-bond donors (Lipinski definition) is 1. The molecule has 1 fully saturated rings. The minimum absolute atomic E-state index is 0.0815. The maximum Gasteiger partial charge on any atom is 0.155 e. The van der Waals surface area contributed by atoms with Crippen molar-refractivity contribution in [2.24, 2.45) is 0 Å². The van der Waals surface area contributed by atoms with E-state index in [9.17, 15) is 17.2 Å². The minimum Gasteiger partial charge on any atom is -0.312 e. The van der Waals surface area contributed by atoms with Crippen LogP contribution in [0.5, 0.6) is 0 Å². The summed E-state index contributed by atoms with van der Waals surface area (Å²) in [5, 5.41) is 2.13. The number of benzene rings is 1. The molecule has 0 aromatic heterocycles. The molecule has 106 valence electrons. The van der Waals surface area contributed by atoms with E-state index < -0.39 is 32.8 Å². The van der Waals surface area contributed by atoms with Crippen molar-refractivity contribution in [2.45, 2.75) is 30.6 Å². The van der Waals surface area contributed by atoms with E-state index in [1.54, 1.807) is 7.05 Å². The van der Waals surface area contributed by atoms with Gasteiger partial charge in [0, 0.05) is 5.56 Å². The second-order valence-electron chi connectivity index (χ2n) is 4.83. The lowest BCUT2D eigenvalue weighted by molar-refractivity contribution is 0.452. The Morgan fingerprint density at radius 2 is 2.05 bits per heavy atom. The van der Waals surface area contributed by atoms with E-state index in [4.69, 9.17) is 0 Å². The minimum atomic E-state index is -3.26. The molecule has 2 atom stereocenters. The quantitative estimate of drug-likeness (QED) is 0.928. The first-order valence-corrected chi connectivity index (χ1v) is 8.01. The van der Waals surface area contributed by atoms with Gasteiger partial charge < -0.3 is 5.32 Å². The van der Waals surface area contributed by atoms with Crippen LogP contribution in [0.3, 0.4) is 0 Å². The van der Waals surface area contributed by atoms with Gasteiger partial charge >= 0.3 is 0 Å². The second kappa shape index (κ2) is 5.54. The van der Waals surface area contributed by atoms with E-state index in [0.717, 1.165) is 24.6 Å². The van der Waals surface area contributed by atoms with Crippen molar-refractivity contribution in [3.63, 3.8) is 0 Å². The highest BCUT2D eigenvalue weighted by Gasteiger charge is 2.36. The Morgan fingerprint density at radius 3 is 2.68 bits per heavy atom. The standard InChI is InChI=1S/C13H17F2NO2S/c1-16-13(10-8-9(14)5-6-11(10)15)12-4-2-3-7-19(12,17)18/h5-6,8,12-13,16H,2-4,7H2,1H3. The fourth-order valence-corrected chi connectivity index (χ4v) is 4.78. The van der Waals surface area contributed by atoms with Gasteiger partial charge in [-0.2, -0.15) is 0 Å². The van der Waals surface area contributed by atoms with Crippen LogP contribution in [-0.2, 0) is 9.84 Å². The van der Waals surface area contributed by atoms with Crippen LogP contribution in [-0.4, -0.2) is 26.5 Å². The average molecular weight is 289 g/mol. The molecule has 19 heavy (non-hydrogen) atoms. The molecule has 0 amide bonds. The van der Waals surface area contributed by atoms with Gasteiger partial charge in [0.1, 0.15) is 11.6 Å². The Hall–Kier alpha value is -1.01. The van der Waals surface area contributed by atoms with E-state index in [1.165, 1.54) is 0 Å².